The van der Waals surface area contributed by atoms with E-state index in [2.05, 4.69) is 4.99 Å². The standard InChI is InChI=1S/C13H11NO2.C5H8O2.C2H6OS.Fe/c15-12-7-3-1-5-10(12)9-14-11-6-2-4-8-13(11)16;1-4(6)3-5(2)7;1-4(2)3;/h1-9,15-16H;3,6H,1-2H3;1-2H3;/q;;;+3/p-3/b;4-3-;;. The number of ketones is 1. The maximum atomic E-state index is 11.4. The van der Waals surface area contributed by atoms with Crippen molar-refractivity contribution >= 4 is 28.5 Å². The fraction of sp³-hybridized carbons (Fsp3) is 0.200. The van der Waals surface area contributed by atoms with Crippen molar-refractivity contribution in [3.63, 3.8) is 0 Å². The fourth-order valence-corrected chi connectivity index (χ4v) is 1.58. The van der Waals surface area contributed by atoms with Crippen LogP contribution in [0.3, 0.4) is 0 Å². The molecule has 6 nitrogen and oxygen atoms in total. The van der Waals surface area contributed by atoms with Gasteiger partial charge in [-0.1, -0.05) is 55.1 Å². The van der Waals surface area contributed by atoms with Gasteiger partial charge in [-0.2, -0.15) is 0 Å². The monoisotopic (exact) mass is 444 g/mol. The van der Waals surface area contributed by atoms with Crippen LogP contribution in [-0.4, -0.2) is 28.7 Å². The van der Waals surface area contributed by atoms with Gasteiger partial charge in [0.1, 0.15) is 0 Å². The molecule has 0 saturated carbocycles. The van der Waals surface area contributed by atoms with Gasteiger partial charge in [0, 0.05) is 29.5 Å². The van der Waals surface area contributed by atoms with Crippen molar-refractivity contribution < 1.29 is 41.4 Å². The summed E-state index contributed by atoms with van der Waals surface area (Å²) in [6.45, 7) is 2.70. The Labute approximate surface area is 178 Å². The Morgan fingerprint density at radius 3 is 1.82 bits per heavy atom. The van der Waals surface area contributed by atoms with Crippen LogP contribution in [0.15, 0.2) is 65.4 Å². The normalized spacial score (nSPS) is 10.2. The van der Waals surface area contributed by atoms with Crippen molar-refractivity contribution in [3.05, 3.63) is 65.9 Å². The van der Waals surface area contributed by atoms with Crippen molar-refractivity contribution in [3.8, 4) is 11.5 Å². The SMILES string of the molecule is CC(=O)/C=C(/C)[O-].CS(C)=O.[Fe+3].[O-]c1ccccc1C=Nc1ccccc1[O-]. The number of para-hydroxylation sites is 3. The molecule has 0 heterocycles. The third-order valence-electron chi connectivity index (χ3n) is 2.53. The van der Waals surface area contributed by atoms with Gasteiger partial charge < -0.3 is 15.3 Å². The second kappa shape index (κ2) is 15.6. The molecule has 0 atom stereocenters. The molecule has 2 aromatic carbocycles. The van der Waals surface area contributed by atoms with E-state index < -0.39 is 10.8 Å². The van der Waals surface area contributed by atoms with Crippen LogP contribution in [0.25, 0.3) is 0 Å². The second-order valence-corrected chi connectivity index (χ2v) is 6.85. The maximum Gasteiger partial charge on any atom is 3.00 e. The molecule has 0 aliphatic heterocycles. The molecule has 0 N–H and O–H groups in total. The summed E-state index contributed by atoms with van der Waals surface area (Å²) in [7, 11) is -0.611. The first-order chi connectivity index (χ1) is 12.6. The number of benzene rings is 2. The fourth-order valence-electron chi connectivity index (χ4n) is 1.58. The van der Waals surface area contributed by atoms with Gasteiger partial charge in [0.2, 0.25) is 0 Å². The van der Waals surface area contributed by atoms with Crippen LogP contribution in [0.2, 0.25) is 0 Å². The van der Waals surface area contributed by atoms with Gasteiger partial charge in [-0.3, -0.25) is 14.0 Å². The number of hydrogen-bond acceptors (Lipinski definition) is 6. The van der Waals surface area contributed by atoms with E-state index in [1.165, 1.54) is 32.2 Å². The molecule has 8 heteroatoms. The van der Waals surface area contributed by atoms with Crippen molar-refractivity contribution in [1.29, 1.82) is 0 Å². The first-order valence-electron chi connectivity index (χ1n) is 7.80. The quantitative estimate of drug-likeness (QED) is 0.307. The molecule has 0 unspecified atom stereocenters. The molecule has 1 radical (unpaired) electrons. The first kappa shape index (κ1) is 27.8. The van der Waals surface area contributed by atoms with E-state index >= 15 is 0 Å². The molecule has 0 bridgehead atoms. The maximum absolute atomic E-state index is 11.4. The zero-order valence-corrected chi connectivity index (χ0v) is 17.9. The van der Waals surface area contributed by atoms with Gasteiger partial charge in [0.05, 0.1) is 5.69 Å². The van der Waals surface area contributed by atoms with Crippen molar-refractivity contribution in [2.75, 3.05) is 12.5 Å². The minimum Gasteiger partial charge on any atom is -0.876 e. The Morgan fingerprint density at radius 2 is 1.43 bits per heavy atom. The van der Waals surface area contributed by atoms with Gasteiger partial charge >= 0.3 is 17.1 Å². The van der Waals surface area contributed by atoms with E-state index in [1.54, 1.807) is 48.9 Å². The summed E-state index contributed by atoms with van der Waals surface area (Å²) in [5.41, 5.74) is 0.816. The van der Waals surface area contributed by atoms with E-state index in [4.69, 9.17) is 0 Å². The molecule has 0 amide bonds. The summed E-state index contributed by atoms with van der Waals surface area (Å²) in [6.07, 6.45) is 5.75. The van der Waals surface area contributed by atoms with Gasteiger partial charge in [-0.05, 0) is 24.6 Å². The smallest absolute Gasteiger partial charge is 0.876 e. The van der Waals surface area contributed by atoms with Crippen LogP contribution >= 0.6 is 0 Å². The predicted molar refractivity (Wildman–Crippen MR) is 103 cm³/mol. The van der Waals surface area contributed by atoms with Crippen molar-refractivity contribution in [2.24, 2.45) is 4.99 Å². The van der Waals surface area contributed by atoms with Crippen LogP contribution in [-0.2, 0) is 32.7 Å². The minimum atomic E-state index is -0.611. The molecule has 2 rings (SSSR count). The summed E-state index contributed by atoms with van der Waals surface area (Å²) >= 11 is 0. The number of nitrogens with zero attached hydrogens (tertiary/aromatic N) is 1. The summed E-state index contributed by atoms with van der Waals surface area (Å²) in [6, 6.07) is 13.0. The summed E-state index contributed by atoms with van der Waals surface area (Å²) < 4.78 is 9.56. The molecule has 2 aromatic rings. The zero-order valence-electron chi connectivity index (χ0n) is 16.0. The summed E-state index contributed by atoms with van der Waals surface area (Å²) in [5.74, 6) is -0.628. The van der Waals surface area contributed by atoms with E-state index in [-0.39, 0.29) is 40.1 Å². The molecule has 0 aromatic heterocycles. The van der Waals surface area contributed by atoms with Gasteiger partial charge in [0.15, 0.2) is 5.78 Å². The molecular formula is C20H22FeNO5S. The Kier molecular flexibility index (Phi) is 15.5. The molecule has 0 aliphatic rings. The number of allylic oxidation sites excluding steroid dienone is 2. The van der Waals surface area contributed by atoms with Crippen LogP contribution in [0, 0.1) is 0 Å². The van der Waals surface area contributed by atoms with Crippen LogP contribution in [0.4, 0.5) is 5.69 Å². The predicted octanol–water partition coefficient (Wildman–Crippen LogP) is 1.42. The zero-order chi connectivity index (χ0) is 20.8. The first-order valence-corrected chi connectivity index (χ1v) is 9.77. The summed E-state index contributed by atoms with van der Waals surface area (Å²) in [4.78, 5) is 14.0. The van der Waals surface area contributed by atoms with Gasteiger partial charge in [-0.15, -0.1) is 11.5 Å². The van der Waals surface area contributed by atoms with E-state index in [1.807, 2.05) is 0 Å². The second-order valence-electron chi connectivity index (χ2n) is 5.37. The molecule has 151 valence electrons. The van der Waals surface area contributed by atoms with E-state index in [9.17, 15) is 24.3 Å². The number of carbonyl (C=O) groups excluding carboxylic acids is 1. The van der Waals surface area contributed by atoms with E-state index in [0.29, 0.717) is 11.3 Å². The number of rotatable bonds is 3. The Bertz CT molecular complexity index is 766. The largest absolute Gasteiger partial charge is 3.00 e. The number of carbonyl (C=O) groups is 1. The van der Waals surface area contributed by atoms with Gasteiger partial charge in [0.25, 0.3) is 0 Å². The summed E-state index contributed by atoms with van der Waals surface area (Å²) in [5, 5.41) is 32.7. The molecule has 0 spiro atoms. The number of hydrogen-bond donors (Lipinski definition) is 0. The van der Waals surface area contributed by atoms with Crippen molar-refractivity contribution in [1.82, 2.24) is 0 Å². The molecule has 28 heavy (non-hydrogen) atoms. The van der Waals surface area contributed by atoms with E-state index in [0.717, 1.165) is 6.08 Å². The van der Waals surface area contributed by atoms with Crippen LogP contribution < -0.4 is 15.3 Å². The molecule has 0 aliphatic carbocycles. The Balaban J connectivity index is 0. The molecular weight excluding hydrogens is 422 g/mol. The molecule has 0 saturated heterocycles. The van der Waals surface area contributed by atoms with Gasteiger partial charge in [-0.25, -0.2) is 0 Å². The van der Waals surface area contributed by atoms with Crippen LogP contribution in [0.5, 0.6) is 11.5 Å². The van der Waals surface area contributed by atoms with Crippen molar-refractivity contribution in [2.45, 2.75) is 13.8 Å². The average molecular weight is 444 g/mol. The number of aliphatic imine (C=N–C) groups is 1. The Hall–Kier alpha value is -2.41. The topological polar surface area (TPSA) is 116 Å². The molecule has 0 fully saturated rings. The third-order valence-corrected chi connectivity index (χ3v) is 2.53. The Morgan fingerprint density at radius 1 is 0.964 bits per heavy atom. The third kappa shape index (κ3) is 14.7. The average Bonchev–Trinajstić information content (AvgIpc) is 2.54. The van der Waals surface area contributed by atoms with Crippen LogP contribution in [0.1, 0.15) is 19.4 Å². The minimum absolute atomic E-state index is 0.